The molecule has 2 aromatic rings. The Morgan fingerprint density at radius 3 is 2.44 bits per heavy atom. The number of hydrazine groups is 1. The van der Waals surface area contributed by atoms with Gasteiger partial charge in [-0.15, -0.1) is 11.3 Å². The lowest BCUT2D eigenvalue weighted by Gasteiger charge is -2.03. The summed E-state index contributed by atoms with van der Waals surface area (Å²) in [6.45, 7) is 3.90. The van der Waals surface area contributed by atoms with Gasteiger partial charge in [0.25, 0.3) is 5.91 Å². The molecule has 1 heterocycles. The highest BCUT2D eigenvalue weighted by atomic mass is 32.1. The van der Waals surface area contributed by atoms with Crippen molar-refractivity contribution in [2.45, 2.75) is 13.8 Å². The van der Waals surface area contributed by atoms with E-state index in [9.17, 15) is 4.79 Å². The van der Waals surface area contributed by atoms with Crippen LogP contribution in [-0.4, -0.2) is 10.9 Å². The highest BCUT2D eigenvalue weighted by Crippen LogP contribution is 2.21. The maximum absolute atomic E-state index is 11.9. The molecule has 1 aromatic carbocycles. The number of carbonyl (C=O) groups excluding carboxylic acids is 1. The zero-order chi connectivity index (χ0) is 13.1. The average Bonchev–Trinajstić information content (AvgIpc) is 2.68. The van der Waals surface area contributed by atoms with Crippen molar-refractivity contribution in [1.29, 1.82) is 0 Å². The number of hydrogen-bond donors (Lipinski definition) is 3. The zero-order valence-electron chi connectivity index (χ0n) is 10.2. The molecule has 6 heteroatoms. The number of nitrogens with two attached hydrogens (primary N) is 1. The van der Waals surface area contributed by atoms with Crippen LogP contribution in [-0.2, 0) is 0 Å². The molecule has 0 radical (unpaired) electrons. The molecule has 0 saturated carbocycles. The summed E-state index contributed by atoms with van der Waals surface area (Å²) in [6.07, 6.45) is 0. The van der Waals surface area contributed by atoms with Gasteiger partial charge in [-0.25, -0.2) is 4.98 Å². The SMILES string of the molecule is Cc1nc(NC(=O)c2ccc(NN)cc2)sc1C. The van der Waals surface area contributed by atoms with Crippen LogP contribution in [0.3, 0.4) is 0 Å². The molecule has 94 valence electrons. The maximum atomic E-state index is 11.9. The van der Waals surface area contributed by atoms with Gasteiger partial charge in [0.15, 0.2) is 5.13 Å². The molecule has 0 aliphatic heterocycles. The first kappa shape index (κ1) is 12.5. The van der Waals surface area contributed by atoms with Crippen molar-refractivity contribution in [3.8, 4) is 0 Å². The van der Waals surface area contributed by atoms with Crippen LogP contribution in [0.25, 0.3) is 0 Å². The predicted octanol–water partition coefficient (Wildman–Crippen LogP) is 2.30. The number of benzene rings is 1. The smallest absolute Gasteiger partial charge is 0.257 e. The summed E-state index contributed by atoms with van der Waals surface area (Å²) < 4.78 is 0. The van der Waals surface area contributed by atoms with E-state index < -0.39 is 0 Å². The lowest BCUT2D eigenvalue weighted by molar-refractivity contribution is 0.102. The molecule has 4 N–H and O–H groups in total. The summed E-state index contributed by atoms with van der Waals surface area (Å²) in [5.74, 6) is 5.09. The lowest BCUT2D eigenvalue weighted by Crippen LogP contribution is -2.12. The summed E-state index contributed by atoms with van der Waals surface area (Å²) >= 11 is 1.47. The van der Waals surface area contributed by atoms with Crippen molar-refractivity contribution in [2.75, 3.05) is 10.7 Å². The number of anilines is 2. The summed E-state index contributed by atoms with van der Waals surface area (Å²) in [7, 11) is 0. The first-order valence-corrected chi connectivity index (χ1v) is 6.24. The van der Waals surface area contributed by atoms with Gasteiger partial charge >= 0.3 is 0 Å². The summed E-state index contributed by atoms with van der Waals surface area (Å²) in [4.78, 5) is 17.3. The van der Waals surface area contributed by atoms with Crippen LogP contribution in [0.1, 0.15) is 20.9 Å². The van der Waals surface area contributed by atoms with Crippen LogP contribution in [0.4, 0.5) is 10.8 Å². The molecule has 0 bridgehead atoms. The molecule has 0 aliphatic carbocycles. The monoisotopic (exact) mass is 262 g/mol. The second-order valence-electron chi connectivity index (χ2n) is 3.84. The molecule has 0 unspecified atom stereocenters. The average molecular weight is 262 g/mol. The van der Waals surface area contributed by atoms with Crippen molar-refractivity contribution in [1.82, 2.24) is 4.98 Å². The molecule has 0 atom stereocenters. The first-order chi connectivity index (χ1) is 8.60. The normalized spacial score (nSPS) is 10.2. The van der Waals surface area contributed by atoms with Crippen molar-refractivity contribution in [2.24, 2.45) is 5.84 Å². The van der Waals surface area contributed by atoms with Crippen LogP contribution in [0.15, 0.2) is 24.3 Å². The number of nitrogens with one attached hydrogen (secondary N) is 2. The van der Waals surface area contributed by atoms with Gasteiger partial charge < -0.3 is 5.43 Å². The number of carbonyl (C=O) groups is 1. The van der Waals surface area contributed by atoms with Gasteiger partial charge in [0.1, 0.15) is 0 Å². The number of nitrogen functional groups attached to an aromatic ring is 1. The minimum atomic E-state index is -0.174. The Hall–Kier alpha value is -1.92. The fourth-order valence-corrected chi connectivity index (χ4v) is 2.22. The van der Waals surface area contributed by atoms with Crippen molar-refractivity contribution in [3.05, 3.63) is 40.4 Å². The number of nitrogens with zero attached hydrogens (tertiary/aromatic N) is 1. The van der Waals surface area contributed by atoms with E-state index in [4.69, 9.17) is 5.84 Å². The molecule has 5 nitrogen and oxygen atoms in total. The molecule has 0 saturated heterocycles. The van der Waals surface area contributed by atoms with Crippen molar-refractivity contribution >= 4 is 28.1 Å². The number of rotatable bonds is 3. The van der Waals surface area contributed by atoms with Gasteiger partial charge in [-0.05, 0) is 38.1 Å². The Balaban J connectivity index is 2.11. The molecular weight excluding hydrogens is 248 g/mol. The van der Waals surface area contributed by atoms with Gasteiger partial charge in [0, 0.05) is 16.1 Å². The van der Waals surface area contributed by atoms with E-state index in [0.717, 1.165) is 16.3 Å². The third-order valence-corrected chi connectivity index (χ3v) is 3.55. The zero-order valence-corrected chi connectivity index (χ0v) is 11.0. The van der Waals surface area contributed by atoms with E-state index in [1.54, 1.807) is 24.3 Å². The van der Waals surface area contributed by atoms with Crippen molar-refractivity contribution in [3.63, 3.8) is 0 Å². The van der Waals surface area contributed by atoms with Gasteiger partial charge in [0.05, 0.1) is 5.69 Å². The van der Waals surface area contributed by atoms with Crippen LogP contribution in [0.2, 0.25) is 0 Å². The Morgan fingerprint density at radius 1 is 1.28 bits per heavy atom. The van der Waals surface area contributed by atoms with E-state index in [2.05, 4.69) is 15.7 Å². The second kappa shape index (κ2) is 5.16. The third-order valence-electron chi connectivity index (χ3n) is 2.56. The summed E-state index contributed by atoms with van der Waals surface area (Å²) in [6, 6.07) is 6.90. The van der Waals surface area contributed by atoms with E-state index >= 15 is 0 Å². The first-order valence-electron chi connectivity index (χ1n) is 5.42. The summed E-state index contributed by atoms with van der Waals surface area (Å²) in [5.41, 5.74) is 4.78. The van der Waals surface area contributed by atoms with Crippen LogP contribution >= 0.6 is 11.3 Å². The number of aromatic nitrogens is 1. The van der Waals surface area contributed by atoms with Crippen LogP contribution in [0.5, 0.6) is 0 Å². The minimum Gasteiger partial charge on any atom is -0.324 e. The molecule has 0 aliphatic rings. The number of hydrogen-bond acceptors (Lipinski definition) is 5. The fraction of sp³-hybridized carbons (Fsp3) is 0.167. The maximum Gasteiger partial charge on any atom is 0.257 e. The number of amides is 1. The van der Waals surface area contributed by atoms with Crippen LogP contribution in [0, 0.1) is 13.8 Å². The molecular formula is C12H14N4OS. The van der Waals surface area contributed by atoms with E-state index in [1.165, 1.54) is 11.3 Å². The standard InChI is InChI=1S/C12H14N4OS/c1-7-8(2)18-12(14-7)15-11(17)9-3-5-10(16-13)6-4-9/h3-6,16H,13H2,1-2H3,(H,14,15,17). The number of thiazole rings is 1. The highest BCUT2D eigenvalue weighted by Gasteiger charge is 2.09. The third kappa shape index (κ3) is 2.66. The molecule has 1 aromatic heterocycles. The van der Waals surface area contributed by atoms with E-state index in [1.807, 2.05) is 13.8 Å². The fourth-order valence-electron chi connectivity index (χ4n) is 1.41. The Kier molecular flexibility index (Phi) is 3.59. The molecule has 0 spiro atoms. The molecule has 18 heavy (non-hydrogen) atoms. The van der Waals surface area contributed by atoms with Gasteiger partial charge in [-0.3, -0.25) is 16.0 Å². The Bertz CT molecular complexity index is 542. The topological polar surface area (TPSA) is 80.0 Å². The minimum absolute atomic E-state index is 0.174. The second-order valence-corrected chi connectivity index (χ2v) is 5.04. The summed E-state index contributed by atoms with van der Waals surface area (Å²) in [5, 5.41) is 3.40. The van der Waals surface area contributed by atoms with Gasteiger partial charge in [0.2, 0.25) is 0 Å². The molecule has 1 amide bonds. The largest absolute Gasteiger partial charge is 0.324 e. The van der Waals surface area contributed by atoms with E-state index in [-0.39, 0.29) is 5.91 Å². The van der Waals surface area contributed by atoms with E-state index in [0.29, 0.717) is 10.7 Å². The number of aryl methyl sites for hydroxylation is 2. The molecule has 2 rings (SSSR count). The Labute approximate surface area is 109 Å². The van der Waals surface area contributed by atoms with Crippen molar-refractivity contribution < 1.29 is 4.79 Å². The van der Waals surface area contributed by atoms with Crippen LogP contribution < -0.4 is 16.6 Å². The molecule has 0 fully saturated rings. The predicted molar refractivity (Wildman–Crippen MR) is 73.8 cm³/mol. The highest BCUT2D eigenvalue weighted by molar-refractivity contribution is 7.15. The van der Waals surface area contributed by atoms with Gasteiger partial charge in [-0.1, -0.05) is 0 Å². The lowest BCUT2D eigenvalue weighted by atomic mass is 10.2. The van der Waals surface area contributed by atoms with Gasteiger partial charge in [-0.2, -0.15) is 0 Å². The quantitative estimate of drug-likeness (QED) is 0.585. The Morgan fingerprint density at radius 2 is 1.94 bits per heavy atom.